The Kier molecular flexibility index (Phi) is 8.04. The van der Waals surface area contributed by atoms with Gasteiger partial charge in [0.1, 0.15) is 5.75 Å². The summed E-state index contributed by atoms with van der Waals surface area (Å²) >= 11 is 5.98. The fraction of sp³-hybridized carbons (Fsp3) is 0.263. The van der Waals surface area contributed by atoms with Crippen molar-refractivity contribution in [3.8, 4) is 17.2 Å². The van der Waals surface area contributed by atoms with E-state index in [0.29, 0.717) is 17.9 Å². The number of aromatic hydroxyl groups is 1. The van der Waals surface area contributed by atoms with Gasteiger partial charge in [-0.3, -0.25) is 4.79 Å². The number of phenolic OH excluding ortho intramolecular Hbond substituents is 1. The van der Waals surface area contributed by atoms with Crippen molar-refractivity contribution < 1.29 is 27.8 Å². The molecule has 1 amide bonds. The number of hydrogen-bond donors (Lipinski definition) is 2. The van der Waals surface area contributed by atoms with E-state index < -0.39 is 22.5 Å². The smallest absolute Gasteiger partial charge is 0.255 e. The van der Waals surface area contributed by atoms with Crippen LogP contribution in [0.3, 0.4) is 0 Å². The van der Waals surface area contributed by atoms with Crippen LogP contribution in [0.15, 0.2) is 46.4 Å². The molecular weight excluding hydrogens is 434 g/mol. The second kappa shape index (κ2) is 10.3. The number of benzene rings is 2. The highest BCUT2D eigenvalue weighted by Gasteiger charge is 2.23. The fourth-order valence-electron chi connectivity index (χ4n) is 2.37. The maximum absolute atomic E-state index is 12.6. The van der Waals surface area contributed by atoms with Crippen LogP contribution in [-0.4, -0.2) is 57.3 Å². The van der Waals surface area contributed by atoms with Crippen molar-refractivity contribution in [1.82, 2.24) is 9.73 Å². The Hall–Kier alpha value is -2.82. The van der Waals surface area contributed by atoms with E-state index in [1.54, 1.807) is 19.1 Å². The molecule has 0 spiro atoms. The lowest BCUT2D eigenvalue weighted by atomic mass is 10.2. The molecule has 162 valence electrons. The molecule has 0 unspecified atom stereocenters. The summed E-state index contributed by atoms with van der Waals surface area (Å²) < 4.78 is 36.4. The van der Waals surface area contributed by atoms with Gasteiger partial charge in [0.15, 0.2) is 11.5 Å². The summed E-state index contributed by atoms with van der Waals surface area (Å²) in [5, 5.41) is 13.6. The van der Waals surface area contributed by atoms with Gasteiger partial charge in [-0.25, -0.2) is 13.8 Å². The van der Waals surface area contributed by atoms with Crippen LogP contribution in [0, 0.1) is 0 Å². The van der Waals surface area contributed by atoms with Gasteiger partial charge < -0.3 is 14.6 Å². The number of methoxy groups -OCH3 is 1. The second-order valence-corrected chi connectivity index (χ2v) is 8.46. The van der Waals surface area contributed by atoms with E-state index in [1.807, 2.05) is 0 Å². The first-order valence-corrected chi connectivity index (χ1v) is 10.6. The summed E-state index contributed by atoms with van der Waals surface area (Å²) in [5.41, 5.74) is 2.83. The number of carbonyl (C=O) groups is 1. The highest BCUT2D eigenvalue weighted by atomic mass is 35.5. The van der Waals surface area contributed by atoms with E-state index in [9.17, 15) is 18.3 Å². The first-order chi connectivity index (χ1) is 14.2. The number of likely N-dealkylation sites (N-methyl/N-ethyl adjacent to an activating group) is 1. The van der Waals surface area contributed by atoms with Crippen molar-refractivity contribution >= 4 is 33.7 Å². The largest absolute Gasteiger partial charge is 0.504 e. The van der Waals surface area contributed by atoms with Crippen molar-refractivity contribution in [1.29, 1.82) is 0 Å². The maximum Gasteiger partial charge on any atom is 0.255 e. The van der Waals surface area contributed by atoms with Gasteiger partial charge >= 0.3 is 0 Å². The van der Waals surface area contributed by atoms with Crippen molar-refractivity contribution in [2.24, 2.45) is 5.10 Å². The molecule has 0 saturated heterocycles. The quantitative estimate of drug-likeness (QED) is 0.442. The number of carbonyl (C=O) groups excluding carboxylic acids is 1. The molecule has 0 heterocycles. The minimum absolute atomic E-state index is 0.0106. The summed E-state index contributed by atoms with van der Waals surface area (Å²) in [5.74, 6) is -0.0203. The normalized spacial score (nSPS) is 11.6. The molecule has 0 atom stereocenters. The molecule has 30 heavy (non-hydrogen) atoms. The van der Waals surface area contributed by atoms with Crippen molar-refractivity contribution in [2.45, 2.75) is 11.8 Å². The lowest BCUT2D eigenvalue weighted by Crippen LogP contribution is -2.36. The molecule has 0 saturated carbocycles. The van der Waals surface area contributed by atoms with Crippen LogP contribution >= 0.6 is 11.6 Å². The van der Waals surface area contributed by atoms with Gasteiger partial charge in [0.2, 0.25) is 10.0 Å². The number of phenols is 1. The number of nitrogens with zero attached hydrogens (tertiary/aromatic N) is 2. The van der Waals surface area contributed by atoms with Crippen LogP contribution in [0.5, 0.6) is 17.2 Å². The third kappa shape index (κ3) is 5.85. The lowest BCUT2D eigenvalue weighted by Gasteiger charge is -2.16. The summed E-state index contributed by atoms with van der Waals surface area (Å²) in [6, 6.07) is 8.60. The first-order valence-electron chi connectivity index (χ1n) is 8.76. The Morgan fingerprint density at radius 2 is 2.00 bits per heavy atom. The third-order valence-electron chi connectivity index (χ3n) is 3.88. The van der Waals surface area contributed by atoms with Gasteiger partial charge in [-0.05, 0) is 48.9 Å². The monoisotopic (exact) mass is 455 g/mol. The molecule has 11 heteroatoms. The van der Waals surface area contributed by atoms with E-state index in [2.05, 4.69) is 10.5 Å². The van der Waals surface area contributed by atoms with Gasteiger partial charge in [-0.1, -0.05) is 11.6 Å². The topological polar surface area (TPSA) is 118 Å². The highest BCUT2D eigenvalue weighted by Crippen LogP contribution is 2.28. The summed E-state index contributed by atoms with van der Waals surface area (Å²) in [7, 11) is -1.25. The zero-order valence-electron chi connectivity index (χ0n) is 16.6. The van der Waals surface area contributed by atoms with Gasteiger partial charge in [-0.15, -0.1) is 0 Å². The molecule has 2 rings (SSSR count). The van der Waals surface area contributed by atoms with Crippen molar-refractivity contribution in [3.05, 3.63) is 47.0 Å². The van der Waals surface area contributed by atoms with Crippen molar-refractivity contribution in [3.63, 3.8) is 0 Å². The number of amides is 1. The number of hydrogen-bond acceptors (Lipinski definition) is 7. The molecule has 0 fully saturated rings. The minimum Gasteiger partial charge on any atom is -0.504 e. The average Bonchev–Trinajstić information content (AvgIpc) is 2.70. The Labute approximate surface area is 179 Å². The van der Waals surface area contributed by atoms with E-state index in [4.69, 9.17) is 21.1 Å². The van der Waals surface area contributed by atoms with Gasteiger partial charge in [0, 0.05) is 7.05 Å². The Morgan fingerprint density at radius 1 is 1.27 bits per heavy atom. The highest BCUT2D eigenvalue weighted by molar-refractivity contribution is 7.89. The summed E-state index contributed by atoms with van der Waals surface area (Å²) in [4.78, 5) is 12.0. The number of nitrogens with one attached hydrogen (secondary N) is 1. The molecule has 2 aromatic carbocycles. The minimum atomic E-state index is -3.94. The molecule has 0 radical (unpaired) electrons. The van der Waals surface area contributed by atoms with Crippen LogP contribution in [-0.2, 0) is 14.8 Å². The van der Waals surface area contributed by atoms with Crippen LogP contribution < -0.4 is 14.9 Å². The number of sulfonamides is 1. The molecule has 0 aliphatic heterocycles. The second-order valence-electron chi connectivity index (χ2n) is 6.01. The number of hydrazone groups is 1. The van der Waals surface area contributed by atoms with Crippen LogP contribution in [0.4, 0.5) is 0 Å². The first kappa shape index (κ1) is 23.5. The zero-order valence-corrected chi connectivity index (χ0v) is 18.2. The van der Waals surface area contributed by atoms with Crippen LogP contribution in [0.25, 0.3) is 0 Å². The van der Waals surface area contributed by atoms with E-state index in [0.717, 1.165) is 4.31 Å². The predicted molar refractivity (Wildman–Crippen MR) is 113 cm³/mol. The molecule has 2 N–H and O–H groups in total. The number of halogens is 1. The number of rotatable bonds is 9. The molecule has 2 aromatic rings. The van der Waals surface area contributed by atoms with Crippen LogP contribution in [0.1, 0.15) is 12.5 Å². The SMILES string of the molecule is CCOc1cc(C=NNC(=O)CN(C)S(=O)(=O)c2ccc(OC)c(Cl)c2)ccc1O. The van der Waals surface area contributed by atoms with Gasteiger partial charge in [0.25, 0.3) is 5.91 Å². The lowest BCUT2D eigenvalue weighted by molar-refractivity contribution is -0.121. The van der Waals surface area contributed by atoms with Crippen molar-refractivity contribution in [2.75, 3.05) is 27.3 Å². The fourth-order valence-corrected chi connectivity index (χ4v) is 3.85. The molecular formula is C19H22ClN3O6S. The van der Waals surface area contributed by atoms with E-state index >= 15 is 0 Å². The van der Waals surface area contributed by atoms with Gasteiger partial charge in [-0.2, -0.15) is 9.41 Å². The third-order valence-corrected chi connectivity index (χ3v) is 5.98. The molecule has 9 nitrogen and oxygen atoms in total. The Bertz CT molecular complexity index is 1040. The van der Waals surface area contributed by atoms with Crippen LogP contribution in [0.2, 0.25) is 5.02 Å². The predicted octanol–water partition coefficient (Wildman–Crippen LogP) is 2.22. The summed E-state index contributed by atoms with van der Waals surface area (Å²) in [6.07, 6.45) is 1.34. The molecule has 0 aromatic heterocycles. The average molecular weight is 456 g/mol. The number of ether oxygens (including phenoxy) is 2. The Morgan fingerprint density at radius 3 is 2.63 bits per heavy atom. The zero-order chi connectivity index (χ0) is 22.3. The Balaban J connectivity index is 2.01. The van der Waals surface area contributed by atoms with E-state index in [-0.39, 0.29) is 21.4 Å². The molecule has 0 bridgehead atoms. The molecule has 0 aliphatic rings. The standard InChI is InChI=1S/C19H22ClN3O6S/c1-4-29-18-9-13(5-7-16(18)24)11-21-22-19(25)12-23(2)30(26,27)14-6-8-17(28-3)15(20)10-14/h5-11,24H,4,12H2,1-3H3,(H,22,25). The maximum atomic E-state index is 12.6. The molecule has 0 aliphatic carbocycles. The van der Waals surface area contributed by atoms with E-state index in [1.165, 1.54) is 44.6 Å². The summed E-state index contributed by atoms with van der Waals surface area (Å²) in [6.45, 7) is 1.71. The van der Waals surface area contributed by atoms with Gasteiger partial charge in [0.05, 0.1) is 36.4 Å².